The Morgan fingerprint density at radius 1 is 1.23 bits per heavy atom. The van der Waals surface area contributed by atoms with Crippen LogP contribution in [0.4, 0.5) is 11.5 Å². The average molecular weight is 497 g/mol. The predicted molar refractivity (Wildman–Crippen MR) is 126 cm³/mol. The lowest BCUT2D eigenvalue weighted by Gasteiger charge is -2.08. The summed E-state index contributed by atoms with van der Waals surface area (Å²) in [5.74, 6) is -0.340. The molecule has 2 aromatic heterocycles. The summed E-state index contributed by atoms with van der Waals surface area (Å²) in [6.07, 6.45) is 4.44. The highest BCUT2D eigenvalue weighted by atomic mass is 35.5. The summed E-state index contributed by atoms with van der Waals surface area (Å²) >= 11 is 7.82. The van der Waals surface area contributed by atoms with E-state index in [0.717, 1.165) is 48.6 Å². The van der Waals surface area contributed by atoms with Gasteiger partial charge in [0.25, 0.3) is 0 Å². The first-order valence-corrected chi connectivity index (χ1v) is 13.1. The molecular weight excluding hydrogens is 476 g/mol. The van der Waals surface area contributed by atoms with Crippen molar-refractivity contribution in [1.82, 2.24) is 9.97 Å². The monoisotopic (exact) mass is 496 g/mol. The maximum atomic E-state index is 12.7. The minimum atomic E-state index is -3.85. The van der Waals surface area contributed by atoms with Gasteiger partial charge in [-0.15, -0.1) is 11.3 Å². The number of thiophene rings is 1. The Morgan fingerprint density at radius 2 is 1.97 bits per heavy atom. The second kappa shape index (κ2) is 10.4. The largest absolute Gasteiger partial charge is 0.382 e. The van der Waals surface area contributed by atoms with E-state index in [9.17, 15) is 13.2 Å². The minimum Gasteiger partial charge on any atom is -0.382 e. The number of thioether (sulfide) groups is 1. The van der Waals surface area contributed by atoms with Crippen molar-refractivity contribution in [2.75, 3.05) is 16.8 Å². The van der Waals surface area contributed by atoms with E-state index in [1.54, 1.807) is 0 Å². The summed E-state index contributed by atoms with van der Waals surface area (Å²) in [5, 5.41) is 3.03. The normalized spacial score (nSPS) is 11.4. The van der Waals surface area contributed by atoms with Gasteiger partial charge in [-0.2, -0.15) is 0 Å². The lowest BCUT2D eigenvalue weighted by Crippen LogP contribution is -2.14. The van der Waals surface area contributed by atoms with Crippen molar-refractivity contribution >= 4 is 61.9 Å². The fraction of sp³-hybridized carbons (Fsp3) is 0.250. The lowest BCUT2D eigenvalue weighted by atomic mass is 10.1. The maximum absolute atomic E-state index is 12.7. The van der Waals surface area contributed by atoms with Gasteiger partial charge < -0.3 is 11.1 Å². The number of nitrogens with zero attached hydrogens (tertiary/aromatic N) is 2. The molecule has 3 N–H and O–H groups in total. The third kappa shape index (κ3) is 6.19. The van der Waals surface area contributed by atoms with Gasteiger partial charge in [0.2, 0.25) is 15.7 Å². The van der Waals surface area contributed by atoms with Gasteiger partial charge in [0.15, 0.2) is 5.16 Å². The molecule has 0 aliphatic rings. The minimum absolute atomic E-state index is 0.0592. The fourth-order valence-corrected chi connectivity index (χ4v) is 6.15. The molecule has 3 aromatic rings. The quantitative estimate of drug-likeness (QED) is 0.326. The standard InChI is InChI=1S/C20H21ClN4O3S3/c1-2-3-4-13-5-7-14(8-6-13)24-17(26)12-29-20-23-11-15(19(22)25-20)31(27,28)18-10-9-16(21)30-18/h5-11H,2-4,12H2,1H3,(H,24,26)(H2,22,23,25). The molecule has 0 saturated carbocycles. The number of benzene rings is 1. The van der Waals surface area contributed by atoms with E-state index in [0.29, 0.717) is 10.0 Å². The number of hydrogen-bond donors (Lipinski definition) is 2. The zero-order chi connectivity index (χ0) is 22.4. The van der Waals surface area contributed by atoms with Crippen LogP contribution in [0.5, 0.6) is 0 Å². The summed E-state index contributed by atoms with van der Waals surface area (Å²) in [6.45, 7) is 2.15. The molecule has 1 aromatic carbocycles. The molecule has 2 heterocycles. The third-order valence-electron chi connectivity index (χ3n) is 4.25. The summed E-state index contributed by atoms with van der Waals surface area (Å²) in [7, 11) is -3.85. The number of amides is 1. The van der Waals surface area contributed by atoms with Crippen LogP contribution in [0.25, 0.3) is 0 Å². The number of carbonyl (C=O) groups is 1. The number of aryl methyl sites for hydroxylation is 1. The Bertz CT molecular complexity index is 1160. The van der Waals surface area contributed by atoms with Crippen LogP contribution in [-0.4, -0.2) is 30.0 Å². The number of anilines is 2. The molecule has 11 heteroatoms. The van der Waals surface area contributed by atoms with Gasteiger partial charge in [-0.25, -0.2) is 18.4 Å². The van der Waals surface area contributed by atoms with E-state index in [4.69, 9.17) is 17.3 Å². The summed E-state index contributed by atoms with van der Waals surface area (Å²) < 4.78 is 25.7. The Hall–Kier alpha value is -2.14. The molecule has 0 aliphatic carbocycles. The molecule has 0 radical (unpaired) electrons. The van der Waals surface area contributed by atoms with Gasteiger partial charge >= 0.3 is 0 Å². The Kier molecular flexibility index (Phi) is 7.93. The smallest absolute Gasteiger partial charge is 0.234 e. The highest BCUT2D eigenvalue weighted by Gasteiger charge is 2.24. The Balaban J connectivity index is 1.59. The van der Waals surface area contributed by atoms with E-state index >= 15 is 0 Å². The lowest BCUT2D eigenvalue weighted by molar-refractivity contribution is -0.113. The number of nitrogens with one attached hydrogen (secondary N) is 1. The predicted octanol–water partition coefficient (Wildman–Crippen LogP) is 4.68. The van der Waals surface area contributed by atoms with E-state index in [-0.39, 0.29) is 31.7 Å². The van der Waals surface area contributed by atoms with Crippen LogP contribution < -0.4 is 11.1 Å². The van der Waals surface area contributed by atoms with Gasteiger partial charge in [-0.1, -0.05) is 48.8 Å². The molecule has 0 bridgehead atoms. The Labute approximate surface area is 194 Å². The van der Waals surface area contributed by atoms with Crippen LogP contribution in [0.1, 0.15) is 25.3 Å². The van der Waals surface area contributed by atoms with Gasteiger partial charge in [0.05, 0.1) is 16.3 Å². The average Bonchev–Trinajstić information content (AvgIpc) is 3.19. The number of halogens is 1. The molecule has 164 valence electrons. The second-order valence-corrected chi connectivity index (χ2v) is 11.4. The van der Waals surface area contributed by atoms with Crippen molar-refractivity contribution in [3.05, 3.63) is 52.5 Å². The van der Waals surface area contributed by atoms with Crippen molar-refractivity contribution in [1.29, 1.82) is 0 Å². The molecule has 0 aliphatic heterocycles. The van der Waals surface area contributed by atoms with Crippen molar-refractivity contribution in [2.45, 2.75) is 40.4 Å². The number of rotatable bonds is 9. The van der Waals surface area contributed by atoms with Crippen molar-refractivity contribution < 1.29 is 13.2 Å². The Morgan fingerprint density at radius 3 is 2.58 bits per heavy atom. The number of carbonyl (C=O) groups excluding carboxylic acids is 1. The first-order chi connectivity index (χ1) is 14.8. The fourth-order valence-electron chi connectivity index (χ4n) is 2.66. The SMILES string of the molecule is CCCCc1ccc(NC(=O)CSc2ncc(S(=O)(=O)c3ccc(Cl)s3)c(N)n2)cc1. The first kappa shape index (κ1) is 23.5. The van der Waals surface area contributed by atoms with Gasteiger partial charge in [0.1, 0.15) is 14.9 Å². The van der Waals surface area contributed by atoms with Crippen LogP contribution >= 0.6 is 34.7 Å². The molecule has 0 saturated heterocycles. The maximum Gasteiger partial charge on any atom is 0.234 e. The molecular formula is C20H21ClN4O3S3. The van der Waals surface area contributed by atoms with Gasteiger partial charge in [-0.05, 0) is 42.7 Å². The van der Waals surface area contributed by atoms with Crippen molar-refractivity contribution in [2.24, 2.45) is 0 Å². The third-order valence-corrected chi connectivity index (χ3v) is 8.61. The van der Waals surface area contributed by atoms with Crippen LogP contribution in [0, 0.1) is 0 Å². The number of unbranched alkanes of at least 4 members (excludes halogenated alkanes) is 1. The van der Waals surface area contributed by atoms with E-state index in [1.807, 2.05) is 24.3 Å². The molecule has 0 atom stereocenters. The summed E-state index contributed by atoms with van der Waals surface area (Å²) in [6, 6.07) is 10.7. The van der Waals surface area contributed by atoms with E-state index in [2.05, 4.69) is 22.2 Å². The highest BCUT2D eigenvalue weighted by molar-refractivity contribution is 7.99. The highest BCUT2D eigenvalue weighted by Crippen LogP contribution is 2.32. The molecule has 0 spiro atoms. The molecule has 7 nitrogen and oxygen atoms in total. The number of nitrogen functional groups attached to an aromatic ring is 1. The molecule has 0 fully saturated rings. The van der Waals surface area contributed by atoms with E-state index < -0.39 is 9.84 Å². The van der Waals surface area contributed by atoms with Crippen molar-refractivity contribution in [3.63, 3.8) is 0 Å². The number of aromatic nitrogens is 2. The summed E-state index contributed by atoms with van der Waals surface area (Å²) in [5.41, 5.74) is 7.80. The zero-order valence-corrected chi connectivity index (χ0v) is 19.9. The second-order valence-electron chi connectivity index (χ2n) is 6.60. The first-order valence-electron chi connectivity index (χ1n) is 9.44. The number of hydrogen-bond acceptors (Lipinski definition) is 8. The number of sulfone groups is 1. The van der Waals surface area contributed by atoms with E-state index in [1.165, 1.54) is 17.7 Å². The van der Waals surface area contributed by atoms with Gasteiger partial charge in [-0.3, -0.25) is 4.79 Å². The van der Waals surface area contributed by atoms with Crippen LogP contribution in [0.2, 0.25) is 4.34 Å². The zero-order valence-electron chi connectivity index (χ0n) is 16.7. The molecule has 0 unspecified atom stereocenters. The van der Waals surface area contributed by atoms with Crippen LogP contribution in [0.3, 0.4) is 0 Å². The molecule has 3 rings (SSSR count). The van der Waals surface area contributed by atoms with Crippen LogP contribution in [-0.2, 0) is 21.1 Å². The molecule has 1 amide bonds. The number of nitrogens with two attached hydrogens (primary N) is 1. The summed E-state index contributed by atoms with van der Waals surface area (Å²) in [4.78, 5) is 20.1. The van der Waals surface area contributed by atoms with Crippen LogP contribution in [0.15, 0.2) is 56.9 Å². The molecule has 31 heavy (non-hydrogen) atoms. The topological polar surface area (TPSA) is 115 Å². The van der Waals surface area contributed by atoms with Gasteiger partial charge in [0, 0.05) is 5.69 Å². The van der Waals surface area contributed by atoms with Crippen molar-refractivity contribution in [3.8, 4) is 0 Å².